The maximum atomic E-state index is 9.00. The largest absolute Gasteiger partial charge is 0.395 e. The van der Waals surface area contributed by atoms with Crippen LogP contribution in [0.1, 0.15) is 19.4 Å². The van der Waals surface area contributed by atoms with E-state index >= 15 is 0 Å². The van der Waals surface area contributed by atoms with Crippen LogP contribution >= 0.6 is 11.6 Å². The van der Waals surface area contributed by atoms with E-state index < -0.39 is 0 Å². The first-order valence-electron chi connectivity index (χ1n) is 5.89. The van der Waals surface area contributed by atoms with E-state index in [0.29, 0.717) is 12.6 Å². The Hall–Kier alpha value is -0.770. The quantitative estimate of drug-likeness (QED) is 0.820. The van der Waals surface area contributed by atoms with Crippen molar-refractivity contribution in [1.82, 2.24) is 5.32 Å². The summed E-state index contributed by atoms with van der Waals surface area (Å²) in [6, 6.07) is 6.33. The first-order valence-corrected chi connectivity index (χ1v) is 6.26. The van der Waals surface area contributed by atoms with Crippen molar-refractivity contribution in [2.45, 2.75) is 26.4 Å². The van der Waals surface area contributed by atoms with Gasteiger partial charge >= 0.3 is 0 Å². The Bertz CT molecular complexity index is 355. The van der Waals surface area contributed by atoms with E-state index in [-0.39, 0.29) is 6.61 Å². The van der Waals surface area contributed by atoms with Crippen LogP contribution in [0.4, 0.5) is 5.69 Å². The van der Waals surface area contributed by atoms with E-state index in [2.05, 4.69) is 25.2 Å². The Morgan fingerprint density at radius 1 is 1.41 bits per heavy atom. The predicted molar refractivity (Wildman–Crippen MR) is 73.8 cm³/mol. The van der Waals surface area contributed by atoms with E-state index in [1.54, 1.807) is 0 Å². The van der Waals surface area contributed by atoms with Gasteiger partial charge in [0.15, 0.2) is 0 Å². The summed E-state index contributed by atoms with van der Waals surface area (Å²) >= 11 is 6.22. The second-order valence-electron chi connectivity index (χ2n) is 4.43. The third-order valence-electron chi connectivity index (χ3n) is 2.59. The molecule has 0 saturated heterocycles. The normalized spacial score (nSPS) is 10.9. The van der Waals surface area contributed by atoms with Crippen molar-refractivity contribution < 1.29 is 5.11 Å². The van der Waals surface area contributed by atoms with E-state index in [1.807, 2.05) is 24.1 Å². The van der Waals surface area contributed by atoms with Crippen LogP contribution in [0, 0.1) is 0 Å². The maximum absolute atomic E-state index is 9.00. The summed E-state index contributed by atoms with van der Waals surface area (Å²) < 4.78 is 0. The van der Waals surface area contributed by atoms with E-state index in [0.717, 1.165) is 22.8 Å². The Morgan fingerprint density at radius 3 is 2.71 bits per heavy atom. The lowest BCUT2D eigenvalue weighted by Crippen LogP contribution is -2.26. The molecule has 0 saturated carbocycles. The molecule has 1 rings (SSSR count). The molecule has 0 aromatic heterocycles. The van der Waals surface area contributed by atoms with E-state index in [4.69, 9.17) is 16.7 Å². The smallest absolute Gasteiger partial charge is 0.0642 e. The van der Waals surface area contributed by atoms with Gasteiger partial charge in [-0.3, -0.25) is 0 Å². The molecule has 0 aliphatic carbocycles. The summed E-state index contributed by atoms with van der Waals surface area (Å²) in [7, 11) is 1.94. The number of aliphatic hydroxyl groups is 1. The highest BCUT2D eigenvalue weighted by atomic mass is 35.5. The molecule has 1 aromatic rings. The molecule has 0 aliphatic rings. The molecule has 0 spiro atoms. The van der Waals surface area contributed by atoms with Gasteiger partial charge in [0, 0.05) is 26.2 Å². The third kappa shape index (κ3) is 4.19. The van der Waals surface area contributed by atoms with Gasteiger partial charge < -0.3 is 15.3 Å². The van der Waals surface area contributed by atoms with Crippen molar-refractivity contribution in [3.63, 3.8) is 0 Å². The highest BCUT2D eigenvalue weighted by molar-refractivity contribution is 6.33. The van der Waals surface area contributed by atoms with E-state index in [9.17, 15) is 0 Å². The number of hydrogen-bond donors (Lipinski definition) is 2. The van der Waals surface area contributed by atoms with Crippen LogP contribution in [0.2, 0.25) is 5.02 Å². The Morgan fingerprint density at radius 2 is 2.12 bits per heavy atom. The number of nitrogens with zero attached hydrogens (tertiary/aromatic N) is 1. The first-order chi connectivity index (χ1) is 8.06. The van der Waals surface area contributed by atoms with Gasteiger partial charge in [-0.05, 0) is 11.6 Å². The van der Waals surface area contributed by atoms with Crippen LogP contribution in [-0.4, -0.2) is 31.3 Å². The summed E-state index contributed by atoms with van der Waals surface area (Å²) in [6.07, 6.45) is 0. The minimum Gasteiger partial charge on any atom is -0.395 e. The summed E-state index contributed by atoms with van der Waals surface area (Å²) in [6.45, 7) is 5.71. The lowest BCUT2D eigenvalue weighted by atomic mass is 10.1. The minimum absolute atomic E-state index is 0.124. The molecule has 0 heterocycles. The molecular weight excluding hydrogens is 236 g/mol. The number of rotatable bonds is 6. The number of hydrogen-bond acceptors (Lipinski definition) is 3. The second-order valence-corrected chi connectivity index (χ2v) is 4.84. The van der Waals surface area contributed by atoms with Gasteiger partial charge in [0.2, 0.25) is 0 Å². The molecule has 0 unspecified atom stereocenters. The fourth-order valence-corrected chi connectivity index (χ4v) is 2.04. The van der Waals surface area contributed by atoms with Crippen molar-refractivity contribution >= 4 is 17.3 Å². The molecule has 0 atom stereocenters. The fourth-order valence-electron chi connectivity index (χ4n) is 1.71. The molecule has 0 fully saturated rings. The zero-order valence-electron chi connectivity index (χ0n) is 10.7. The monoisotopic (exact) mass is 256 g/mol. The molecule has 17 heavy (non-hydrogen) atoms. The highest BCUT2D eigenvalue weighted by Crippen LogP contribution is 2.29. The Labute approximate surface area is 108 Å². The summed E-state index contributed by atoms with van der Waals surface area (Å²) in [4.78, 5) is 1.99. The van der Waals surface area contributed by atoms with Crippen LogP contribution in [0.3, 0.4) is 0 Å². The Balaban J connectivity index is 2.91. The average Bonchev–Trinajstić information content (AvgIpc) is 2.26. The summed E-state index contributed by atoms with van der Waals surface area (Å²) in [5.41, 5.74) is 2.15. The van der Waals surface area contributed by atoms with Gasteiger partial charge in [0.1, 0.15) is 0 Å². The highest BCUT2D eigenvalue weighted by Gasteiger charge is 2.11. The number of nitrogens with one attached hydrogen (secondary N) is 1. The second kappa shape index (κ2) is 6.84. The number of para-hydroxylation sites is 1. The molecule has 3 nitrogen and oxygen atoms in total. The van der Waals surface area contributed by atoms with Gasteiger partial charge in [-0.15, -0.1) is 0 Å². The van der Waals surface area contributed by atoms with Crippen molar-refractivity contribution in [3.05, 3.63) is 28.8 Å². The molecule has 4 heteroatoms. The molecular formula is C13H21ClN2O. The predicted octanol–water partition coefficient (Wildman–Crippen LogP) is 2.27. The fraction of sp³-hybridized carbons (Fsp3) is 0.538. The van der Waals surface area contributed by atoms with Crippen LogP contribution in [0.15, 0.2) is 18.2 Å². The molecule has 0 radical (unpaired) electrons. The molecule has 2 N–H and O–H groups in total. The van der Waals surface area contributed by atoms with Crippen molar-refractivity contribution in [3.8, 4) is 0 Å². The zero-order valence-corrected chi connectivity index (χ0v) is 11.5. The van der Waals surface area contributed by atoms with Crippen molar-refractivity contribution in [2.24, 2.45) is 0 Å². The van der Waals surface area contributed by atoms with Crippen LogP contribution in [-0.2, 0) is 6.54 Å². The van der Waals surface area contributed by atoms with E-state index in [1.165, 1.54) is 0 Å². The third-order valence-corrected chi connectivity index (χ3v) is 2.89. The number of aliphatic hydroxyl groups excluding tert-OH is 1. The van der Waals surface area contributed by atoms with Gasteiger partial charge in [0.05, 0.1) is 17.3 Å². The minimum atomic E-state index is 0.124. The maximum Gasteiger partial charge on any atom is 0.0642 e. The number of likely N-dealkylation sites (N-methyl/N-ethyl adjacent to an activating group) is 1. The molecule has 96 valence electrons. The van der Waals surface area contributed by atoms with Gasteiger partial charge in [-0.1, -0.05) is 37.6 Å². The molecule has 0 amide bonds. The number of halogens is 1. The van der Waals surface area contributed by atoms with Gasteiger partial charge in [-0.2, -0.15) is 0 Å². The standard InChI is InChI=1S/C13H21ClN2O/c1-10(2)15-9-11-5-4-6-12(14)13(11)16(3)7-8-17/h4-6,10,15,17H,7-9H2,1-3H3. The lowest BCUT2D eigenvalue weighted by molar-refractivity contribution is 0.304. The first kappa shape index (κ1) is 14.3. The molecule has 1 aromatic carbocycles. The lowest BCUT2D eigenvalue weighted by Gasteiger charge is -2.23. The zero-order chi connectivity index (χ0) is 12.8. The molecule has 0 aliphatic heterocycles. The summed E-state index contributed by atoms with van der Waals surface area (Å²) in [5, 5.41) is 13.1. The number of benzene rings is 1. The van der Waals surface area contributed by atoms with Gasteiger partial charge in [-0.25, -0.2) is 0 Å². The van der Waals surface area contributed by atoms with Crippen LogP contribution in [0.25, 0.3) is 0 Å². The van der Waals surface area contributed by atoms with Crippen molar-refractivity contribution in [1.29, 1.82) is 0 Å². The Kier molecular flexibility index (Phi) is 5.75. The van der Waals surface area contributed by atoms with Crippen LogP contribution in [0.5, 0.6) is 0 Å². The SMILES string of the molecule is CC(C)NCc1cccc(Cl)c1N(C)CCO. The van der Waals surface area contributed by atoms with Crippen molar-refractivity contribution in [2.75, 3.05) is 25.1 Å². The van der Waals surface area contributed by atoms with Crippen LogP contribution < -0.4 is 10.2 Å². The topological polar surface area (TPSA) is 35.5 Å². The average molecular weight is 257 g/mol. The molecule has 0 bridgehead atoms. The van der Waals surface area contributed by atoms with Gasteiger partial charge in [0.25, 0.3) is 0 Å². The summed E-state index contributed by atoms with van der Waals surface area (Å²) in [5.74, 6) is 0. The number of anilines is 1.